The largest absolute Gasteiger partial charge is 2.00 e. The van der Waals surface area contributed by atoms with Crippen molar-refractivity contribution in [1.82, 2.24) is 10.6 Å². The van der Waals surface area contributed by atoms with Gasteiger partial charge < -0.3 is 33.3 Å². The Balaban J connectivity index is -0.000000411. The van der Waals surface area contributed by atoms with Crippen molar-refractivity contribution in [3.8, 4) is 0 Å². The van der Waals surface area contributed by atoms with Crippen LogP contribution < -0.4 is 10.6 Å². The van der Waals surface area contributed by atoms with Crippen LogP contribution in [-0.2, 0) is 17.1 Å². The average molecular weight is 420 g/mol. The molecular weight excluding hydrogens is 379 g/mol. The van der Waals surface area contributed by atoms with Crippen molar-refractivity contribution >= 4 is 0 Å². The molecule has 0 unspecified atom stereocenters. The van der Waals surface area contributed by atoms with Gasteiger partial charge in [-0.15, -0.1) is 0 Å². The summed E-state index contributed by atoms with van der Waals surface area (Å²) in [7, 11) is 0. The number of nitrogens with one attached hydrogen (secondary N) is 2. The number of nitrogens with zero attached hydrogens (tertiary/aromatic N) is 4. The fraction of sp³-hybridized carbons (Fsp3) is 0.800. The van der Waals surface area contributed by atoms with E-state index in [2.05, 4.69) is 85.0 Å². The maximum absolute atomic E-state index is 4.02. The Morgan fingerprint density at radius 2 is 0.815 bits per heavy atom. The molecule has 0 aromatic carbocycles. The molecule has 0 aliphatic rings. The van der Waals surface area contributed by atoms with Crippen molar-refractivity contribution < 1.29 is 17.1 Å². The molecular formula is C20H40MnN6. The van der Waals surface area contributed by atoms with Crippen molar-refractivity contribution in [1.29, 1.82) is 0 Å². The van der Waals surface area contributed by atoms with Crippen LogP contribution in [0.2, 0.25) is 0 Å². The molecule has 0 rings (SSSR count). The summed E-state index contributed by atoms with van der Waals surface area (Å²) in [6, 6.07) is 0. The van der Waals surface area contributed by atoms with Crippen molar-refractivity contribution in [2.24, 2.45) is 20.5 Å². The van der Waals surface area contributed by atoms with E-state index in [1.165, 1.54) is 0 Å². The van der Waals surface area contributed by atoms with Crippen LogP contribution in [0.25, 0.3) is 0 Å². The number of hydrogen-bond acceptors (Lipinski definition) is 6. The van der Waals surface area contributed by atoms with Crippen LogP contribution in [0, 0.1) is 12.4 Å². The molecule has 0 saturated heterocycles. The standard InChI is InChI=1S/2C10H20N3.Mn/c2*1-9(2,3)11-7-8-12-13-10(4,5)6;/h2*7,11H,1-6H3;/q2*-1;+2. The van der Waals surface area contributed by atoms with Gasteiger partial charge in [-0.1, -0.05) is 0 Å². The molecule has 0 atom stereocenters. The van der Waals surface area contributed by atoms with Gasteiger partial charge >= 0.3 is 17.1 Å². The summed E-state index contributed by atoms with van der Waals surface area (Å²) in [5, 5.41) is 21.9. The fourth-order valence-corrected chi connectivity index (χ4v) is 0.913. The molecule has 7 heteroatoms. The van der Waals surface area contributed by atoms with Crippen molar-refractivity contribution in [3.05, 3.63) is 24.8 Å². The van der Waals surface area contributed by atoms with Gasteiger partial charge in [0.25, 0.3) is 0 Å². The van der Waals surface area contributed by atoms with Crippen LogP contribution in [0.4, 0.5) is 0 Å². The Morgan fingerprint density at radius 1 is 0.556 bits per heavy atom. The Labute approximate surface area is 178 Å². The molecule has 0 fully saturated rings. The number of azo groups is 2. The predicted molar refractivity (Wildman–Crippen MR) is 111 cm³/mol. The minimum atomic E-state index is -0.122. The normalized spacial score (nSPS) is 13.8. The summed E-state index contributed by atoms with van der Waals surface area (Å²) >= 11 is 0. The van der Waals surface area contributed by atoms with Gasteiger partial charge in [-0.3, -0.25) is 0 Å². The first kappa shape index (κ1) is 30.5. The monoisotopic (exact) mass is 419 g/mol. The molecule has 0 aliphatic heterocycles. The molecule has 2 N–H and O–H groups in total. The first-order valence-electron chi connectivity index (χ1n) is 8.95. The van der Waals surface area contributed by atoms with E-state index in [0.717, 1.165) is 0 Å². The van der Waals surface area contributed by atoms with Crippen LogP contribution in [-0.4, -0.2) is 22.2 Å². The van der Waals surface area contributed by atoms with Crippen LogP contribution in [0.15, 0.2) is 32.9 Å². The second-order valence-electron chi connectivity index (χ2n) is 10.1. The summed E-state index contributed by atoms with van der Waals surface area (Å²) in [5.74, 6) is 0. The van der Waals surface area contributed by atoms with Gasteiger partial charge in [0.15, 0.2) is 0 Å². The third kappa shape index (κ3) is 36.5. The van der Waals surface area contributed by atoms with Gasteiger partial charge in [-0.05, 0) is 83.1 Å². The smallest absolute Gasteiger partial charge is 0.418 e. The quantitative estimate of drug-likeness (QED) is 0.343. The zero-order valence-corrected chi connectivity index (χ0v) is 20.5. The topological polar surface area (TPSA) is 73.5 Å². The van der Waals surface area contributed by atoms with Gasteiger partial charge in [0, 0.05) is 11.1 Å². The molecule has 157 valence electrons. The van der Waals surface area contributed by atoms with E-state index in [-0.39, 0.29) is 39.2 Å². The molecule has 0 aromatic rings. The van der Waals surface area contributed by atoms with Gasteiger partial charge in [0.05, 0.1) is 11.1 Å². The predicted octanol–water partition coefficient (Wildman–Crippen LogP) is 5.80. The maximum Gasteiger partial charge on any atom is 2.00 e. The van der Waals surface area contributed by atoms with Gasteiger partial charge in [-0.25, -0.2) is 10.2 Å². The van der Waals surface area contributed by atoms with Gasteiger partial charge in [0.1, 0.15) is 0 Å². The molecule has 0 saturated carbocycles. The molecule has 0 spiro atoms. The Bertz CT molecular complexity index is 435. The number of rotatable bonds is 4. The van der Waals surface area contributed by atoms with E-state index < -0.39 is 0 Å². The van der Waals surface area contributed by atoms with E-state index in [1.807, 2.05) is 41.5 Å². The van der Waals surface area contributed by atoms with E-state index in [4.69, 9.17) is 0 Å². The van der Waals surface area contributed by atoms with E-state index in [0.29, 0.717) is 0 Å². The van der Waals surface area contributed by atoms with Crippen LogP contribution in [0.1, 0.15) is 83.1 Å². The van der Waals surface area contributed by atoms with Crippen LogP contribution >= 0.6 is 0 Å². The van der Waals surface area contributed by atoms with Crippen molar-refractivity contribution in [2.45, 2.75) is 105 Å². The molecule has 0 aromatic heterocycles. The molecule has 0 amide bonds. The first-order chi connectivity index (χ1) is 11.4. The minimum absolute atomic E-state index is 0. The second-order valence-corrected chi connectivity index (χ2v) is 10.1. The third-order valence-corrected chi connectivity index (χ3v) is 1.95. The van der Waals surface area contributed by atoms with E-state index in [9.17, 15) is 0 Å². The minimum Gasteiger partial charge on any atom is -0.418 e. The molecule has 1 radical (unpaired) electrons. The number of hydrogen-bond donors (Lipinski definition) is 2. The molecule has 6 nitrogen and oxygen atoms in total. The summed E-state index contributed by atoms with van der Waals surface area (Å²) in [4.78, 5) is 0. The second kappa shape index (κ2) is 13.1. The third-order valence-electron chi connectivity index (χ3n) is 1.95. The summed E-state index contributed by atoms with van der Waals surface area (Å²) in [6.07, 6.45) is 8.82. The zero-order chi connectivity index (χ0) is 21.1. The van der Waals surface area contributed by atoms with E-state index >= 15 is 0 Å². The maximum atomic E-state index is 4.02. The zero-order valence-electron chi connectivity index (χ0n) is 19.3. The van der Waals surface area contributed by atoms with Gasteiger partial charge in [-0.2, -0.15) is 12.4 Å². The van der Waals surface area contributed by atoms with E-state index in [1.54, 1.807) is 12.4 Å². The molecule has 0 heterocycles. The molecule has 0 aliphatic carbocycles. The van der Waals surface area contributed by atoms with Crippen molar-refractivity contribution in [3.63, 3.8) is 0 Å². The summed E-state index contributed by atoms with van der Waals surface area (Å²) in [5.41, 5.74) is -0.125. The van der Waals surface area contributed by atoms with Crippen molar-refractivity contribution in [2.75, 3.05) is 0 Å². The first-order valence-corrected chi connectivity index (χ1v) is 8.95. The Morgan fingerprint density at radius 3 is 1.00 bits per heavy atom. The molecule has 27 heavy (non-hydrogen) atoms. The SMILES string of the molecule is CC(C)(C)N=N[C-]=CNC(C)(C)C.CC(C)(C)N=N[C-]=CNC(C)(C)C.[Mn+2]. The Hall–Kier alpha value is -1.20. The molecule has 0 bridgehead atoms. The Kier molecular flexibility index (Phi) is 14.8. The fourth-order valence-electron chi connectivity index (χ4n) is 0.913. The van der Waals surface area contributed by atoms with Gasteiger partial charge in [0.2, 0.25) is 0 Å². The summed E-state index contributed by atoms with van der Waals surface area (Å²) in [6.45, 7) is 24.4. The summed E-state index contributed by atoms with van der Waals surface area (Å²) < 4.78 is 0. The average Bonchev–Trinajstić information content (AvgIpc) is 2.33. The van der Waals surface area contributed by atoms with Crippen LogP contribution in [0.5, 0.6) is 0 Å². The van der Waals surface area contributed by atoms with Crippen LogP contribution in [0.3, 0.4) is 0 Å².